The van der Waals surface area contributed by atoms with E-state index in [9.17, 15) is 9.90 Å². The fourth-order valence-corrected chi connectivity index (χ4v) is 1.89. The maximum atomic E-state index is 11.3. The van der Waals surface area contributed by atoms with E-state index in [0.29, 0.717) is 12.3 Å². The fraction of sp³-hybridized carbons (Fsp3) is 0.917. The third-order valence-electron chi connectivity index (χ3n) is 3.30. The molecule has 0 amide bonds. The van der Waals surface area contributed by atoms with E-state index >= 15 is 0 Å². The number of hydrogen-bond donors (Lipinski definition) is 2. The first-order valence-electron chi connectivity index (χ1n) is 5.80. The molecule has 0 aromatic heterocycles. The summed E-state index contributed by atoms with van der Waals surface area (Å²) in [6.07, 6.45) is 2.70. The van der Waals surface area contributed by atoms with Crippen LogP contribution in [0.5, 0.6) is 0 Å². The van der Waals surface area contributed by atoms with Gasteiger partial charge in [-0.1, -0.05) is 40.5 Å². The molecule has 0 rings (SSSR count). The molecule has 90 valence electrons. The summed E-state index contributed by atoms with van der Waals surface area (Å²) < 4.78 is 0. The van der Waals surface area contributed by atoms with Crippen molar-refractivity contribution >= 4 is 5.97 Å². The lowest BCUT2D eigenvalue weighted by molar-refractivity contribution is -0.151. The van der Waals surface area contributed by atoms with Crippen LogP contribution in [0.3, 0.4) is 0 Å². The van der Waals surface area contributed by atoms with Crippen LogP contribution in [0.25, 0.3) is 0 Å². The van der Waals surface area contributed by atoms with Gasteiger partial charge in [-0.3, -0.25) is 4.79 Å². The Bertz CT molecular complexity index is 202. The van der Waals surface area contributed by atoms with E-state index in [2.05, 4.69) is 13.8 Å². The molecule has 0 aromatic carbocycles. The molecule has 0 bridgehead atoms. The van der Waals surface area contributed by atoms with Crippen LogP contribution in [0, 0.1) is 17.3 Å². The number of nitrogens with two attached hydrogens (primary N) is 1. The molecule has 3 nitrogen and oxygen atoms in total. The zero-order valence-corrected chi connectivity index (χ0v) is 10.4. The average molecular weight is 215 g/mol. The quantitative estimate of drug-likeness (QED) is 0.686. The van der Waals surface area contributed by atoms with Gasteiger partial charge in [0.15, 0.2) is 0 Å². The standard InChI is InChI=1S/C12H25NO2/c1-9(2)6-5-7-12(8-13,10(3)4)11(14)15/h9-10H,5-8,13H2,1-4H3,(H,14,15). The number of carbonyl (C=O) groups is 1. The van der Waals surface area contributed by atoms with Crippen LogP contribution in [0.15, 0.2) is 0 Å². The van der Waals surface area contributed by atoms with Gasteiger partial charge in [0, 0.05) is 6.54 Å². The van der Waals surface area contributed by atoms with E-state index in [-0.39, 0.29) is 12.5 Å². The van der Waals surface area contributed by atoms with Gasteiger partial charge in [-0.15, -0.1) is 0 Å². The van der Waals surface area contributed by atoms with E-state index in [1.165, 1.54) is 0 Å². The summed E-state index contributed by atoms with van der Waals surface area (Å²) in [6.45, 7) is 8.42. The van der Waals surface area contributed by atoms with Crippen molar-refractivity contribution in [3.63, 3.8) is 0 Å². The molecule has 0 saturated heterocycles. The molecule has 1 unspecified atom stereocenters. The van der Waals surface area contributed by atoms with Gasteiger partial charge in [-0.25, -0.2) is 0 Å². The largest absolute Gasteiger partial charge is 0.481 e. The lowest BCUT2D eigenvalue weighted by atomic mass is 9.73. The highest BCUT2D eigenvalue weighted by atomic mass is 16.4. The van der Waals surface area contributed by atoms with Crippen molar-refractivity contribution in [2.24, 2.45) is 23.0 Å². The van der Waals surface area contributed by atoms with Crippen LogP contribution in [0.4, 0.5) is 0 Å². The van der Waals surface area contributed by atoms with Gasteiger partial charge in [0.2, 0.25) is 0 Å². The number of carboxylic acid groups (broad SMARTS) is 1. The highest BCUT2D eigenvalue weighted by Crippen LogP contribution is 2.33. The second-order valence-corrected chi connectivity index (χ2v) is 5.11. The van der Waals surface area contributed by atoms with E-state index in [1.54, 1.807) is 0 Å². The highest BCUT2D eigenvalue weighted by Gasteiger charge is 2.39. The molecule has 0 aliphatic heterocycles. The predicted octanol–water partition coefficient (Wildman–Crippen LogP) is 2.50. The lowest BCUT2D eigenvalue weighted by Gasteiger charge is -2.32. The summed E-state index contributed by atoms with van der Waals surface area (Å²) in [5, 5.41) is 9.28. The van der Waals surface area contributed by atoms with Gasteiger partial charge < -0.3 is 10.8 Å². The minimum atomic E-state index is -0.747. The Kier molecular flexibility index (Phi) is 5.88. The molecule has 3 N–H and O–H groups in total. The molecule has 0 saturated carbocycles. The van der Waals surface area contributed by atoms with E-state index in [0.717, 1.165) is 12.8 Å². The molecular formula is C12H25NO2. The van der Waals surface area contributed by atoms with Crippen molar-refractivity contribution in [2.75, 3.05) is 6.54 Å². The van der Waals surface area contributed by atoms with Crippen LogP contribution in [0.2, 0.25) is 0 Å². The molecule has 0 radical (unpaired) electrons. The molecule has 3 heteroatoms. The van der Waals surface area contributed by atoms with Gasteiger partial charge in [0.25, 0.3) is 0 Å². The van der Waals surface area contributed by atoms with E-state index < -0.39 is 11.4 Å². The van der Waals surface area contributed by atoms with Crippen molar-refractivity contribution in [3.8, 4) is 0 Å². The predicted molar refractivity (Wildman–Crippen MR) is 62.7 cm³/mol. The van der Waals surface area contributed by atoms with E-state index in [1.807, 2.05) is 13.8 Å². The Labute approximate surface area is 93.0 Å². The zero-order chi connectivity index (χ0) is 12.1. The molecule has 0 fully saturated rings. The minimum Gasteiger partial charge on any atom is -0.481 e. The monoisotopic (exact) mass is 215 g/mol. The highest BCUT2D eigenvalue weighted by molar-refractivity contribution is 5.75. The minimum absolute atomic E-state index is 0.0900. The Morgan fingerprint density at radius 3 is 2.13 bits per heavy atom. The smallest absolute Gasteiger partial charge is 0.311 e. The summed E-state index contributed by atoms with van der Waals surface area (Å²) >= 11 is 0. The maximum absolute atomic E-state index is 11.3. The zero-order valence-electron chi connectivity index (χ0n) is 10.4. The second kappa shape index (κ2) is 6.11. The van der Waals surface area contributed by atoms with Gasteiger partial charge in [-0.2, -0.15) is 0 Å². The molecule has 1 atom stereocenters. The first kappa shape index (κ1) is 14.4. The average Bonchev–Trinajstić information content (AvgIpc) is 2.10. The second-order valence-electron chi connectivity index (χ2n) is 5.11. The third kappa shape index (κ3) is 3.82. The van der Waals surface area contributed by atoms with E-state index in [4.69, 9.17) is 5.73 Å². The Morgan fingerprint density at radius 1 is 1.33 bits per heavy atom. The van der Waals surface area contributed by atoms with Crippen LogP contribution in [-0.2, 0) is 4.79 Å². The van der Waals surface area contributed by atoms with Gasteiger partial charge in [0.05, 0.1) is 5.41 Å². The van der Waals surface area contributed by atoms with Crippen molar-refractivity contribution in [2.45, 2.75) is 47.0 Å². The topological polar surface area (TPSA) is 63.3 Å². The molecule has 0 aromatic rings. The van der Waals surface area contributed by atoms with Crippen LogP contribution < -0.4 is 5.73 Å². The van der Waals surface area contributed by atoms with Crippen molar-refractivity contribution in [3.05, 3.63) is 0 Å². The summed E-state index contributed by atoms with van der Waals surface area (Å²) in [5.41, 5.74) is 4.92. The van der Waals surface area contributed by atoms with Crippen molar-refractivity contribution in [1.29, 1.82) is 0 Å². The van der Waals surface area contributed by atoms with Crippen molar-refractivity contribution < 1.29 is 9.90 Å². The van der Waals surface area contributed by atoms with Crippen LogP contribution >= 0.6 is 0 Å². The molecule has 0 aliphatic carbocycles. The summed E-state index contributed by atoms with van der Waals surface area (Å²) in [6, 6.07) is 0. The van der Waals surface area contributed by atoms with Gasteiger partial charge in [0.1, 0.15) is 0 Å². The summed E-state index contributed by atoms with van der Waals surface area (Å²) in [7, 11) is 0. The number of hydrogen-bond acceptors (Lipinski definition) is 2. The van der Waals surface area contributed by atoms with Crippen LogP contribution in [0.1, 0.15) is 47.0 Å². The molecule has 0 aliphatic rings. The fourth-order valence-electron chi connectivity index (χ4n) is 1.89. The maximum Gasteiger partial charge on any atom is 0.311 e. The van der Waals surface area contributed by atoms with Gasteiger partial charge in [-0.05, 0) is 18.3 Å². The Hall–Kier alpha value is -0.570. The SMILES string of the molecule is CC(C)CCCC(CN)(C(=O)O)C(C)C. The number of carboxylic acids is 1. The number of rotatable bonds is 7. The molecule has 0 spiro atoms. The third-order valence-corrected chi connectivity index (χ3v) is 3.30. The summed E-state index contributed by atoms with van der Waals surface area (Å²) in [4.78, 5) is 11.3. The Balaban J connectivity index is 4.43. The lowest BCUT2D eigenvalue weighted by Crippen LogP contribution is -2.43. The Morgan fingerprint density at radius 2 is 1.87 bits per heavy atom. The normalized spacial score (nSPS) is 15.7. The van der Waals surface area contributed by atoms with Gasteiger partial charge >= 0.3 is 5.97 Å². The summed E-state index contributed by atoms with van der Waals surface area (Å²) in [5.74, 6) is -0.0302. The molecular weight excluding hydrogens is 190 g/mol. The first-order chi connectivity index (χ1) is 6.86. The van der Waals surface area contributed by atoms with Crippen molar-refractivity contribution in [1.82, 2.24) is 0 Å². The number of aliphatic carboxylic acids is 1. The first-order valence-corrected chi connectivity index (χ1v) is 5.80. The van der Waals surface area contributed by atoms with Crippen LogP contribution in [-0.4, -0.2) is 17.6 Å². The molecule has 15 heavy (non-hydrogen) atoms. The molecule has 0 heterocycles.